The maximum Gasteiger partial charge on any atom is 0.137 e. The summed E-state index contributed by atoms with van der Waals surface area (Å²) in [7, 11) is 0. The maximum atomic E-state index is 5.97. The Morgan fingerprint density at radius 2 is 2.10 bits per heavy atom. The highest BCUT2D eigenvalue weighted by atomic mass is 79.9. The summed E-state index contributed by atoms with van der Waals surface area (Å²) >= 11 is 3.51. The van der Waals surface area contributed by atoms with E-state index in [1.807, 2.05) is 47.1 Å². The molecule has 0 atom stereocenters. The fraction of sp³-hybridized carbons (Fsp3) is 0.235. The second-order valence-corrected chi connectivity index (χ2v) is 6.24. The van der Waals surface area contributed by atoms with Crippen molar-refractivity contribution >= 4 is 21.6 Å². The minimum absolute atomic E-state index is 0.415. The van der Waals surface area contributed by atoms with E-state index in [-0.39, 0.29) is 0 Å². The Hall–Kier alpha value is -1.81. The third-order valence-electron chi connectivity index (χ3n) is 3.38. The van der Waals surface area contributed by atoms with Crippen LogP contribution in [0.4, 0.5) is 0 Å². The van der Waals surface area contributed by atoms with E-state index in [1.165, 1.54) is 5.56 Å². The average molecular weight is 345 g/mol. The molecular weight excluding hydrogens is 328 g/mol. The van der Waals surface area contributed by atoms with Crippen molar-refractivity contribution in [3.05, 3.63) is 64.5 Å². The molecule has 0 radical (unpaired) electrons. The summed E-state index contributed by atoms with van der Waals surface area (Å²) in [6.07, 6.45) is 3.99. The van der Waals surface area contributed by atoms with Gasteiger partial charge in [0.1, 0.15) is 18.0 Å². The van der Waals surface area contributed by atoms with Gasteiger partial charge < -0.3 is 9.14 Å². The molecule has 0 amide bonds. The monoisotopic (exact) mass is 344 g/mol. The van der Waals surface area contributed by atoms with Crippen LogP contribution >= 0.6 is 15.9 Å². The number of benzene rings is 1. The van der Waals surface area contributed by atoms with Crippen molar-refractivity contribution < 1.29 is 4.74 Å². The predicted molar refractivity (Wildman–Crippen MR) is 87.8 cm³/mol. The van der Waals surface area contributed by atoms with Gasteiger partial charge >= 0.3 is 0 Å². The molecule has 0 saturated carbocycles. The molecule has 3 aromatic rings. The molecule has 1 aromatic carbocycles. The zero-order chi connectivity index (χ0) is 14.8. The van der Waals surface area contributed by atoms with Gasteiger partial charge in [-0.05, 0) is 41.8 Å². The lowest BCUT2D eigenvalue weighted by molar-refractivity contribution is 0.297. The number of hydrogen-bond donors (Lipinski definition) is 0. The fourth-order valence-electron chi connectivity index (χ4n) is 2.31. The Labute approximate surface area is 132 Å². The Bertz CT molecular complexity index is 731. The number of ether oxygens (including phenoxy) is 1. The largest absolute Gasteiger partial charge is 0.487 e. The Morgan fingerprint density at radius 3 is 2.86 bits per heavy atom. The highest BCUT2D eigenvalue weighted by Crippen LogP contribution is 2.30. The van der Waals surface area contributed by atoms with Gasteiger partial charge in [0.25, 0.3) is 0 Å². The second kappa shape index (κ2) is 5.90. The minimum Gasteiger partial charge on any atom is -0.487 e. The molecule has 108 valence electrons. The number of imidazole rings is 1. The van der Waals surface area contributed by atoms with E-state index in [4.69, 9.17) is 4.74 Å². The number of hydrogen-bond acceptors (Lipinski definition) is 2. The molecule has 3 rings (SSSR count). The average Bonchev–Trinajstić information content (AvgIpc) is 2.88. The summed E-state index contributed by atoms with van der Waals surface area (Å²) in [5, 5.41) is 0. The van der Waals surface area contributed by atoms with E-state index in [0.717, 1.165) is 21.6 Å². The highest BCUT2D eigenvalue weighted by molar-refractivity contribution is 9.10. The standard InChI is InChI=1S/C17H17BrN2O/c1-12(2)15-9-13(18)6-7-16(15)21-11-14-10-20-8-4-3-5-17(20)19-14/h3-10,12H,11H2,1-2H3. The van der Waals surface area contributed by atoms with Crippen LogP contribution in [0.1, 0.15) is 31.0 Å². The second-order valence-electron chi connectivity index (χ2n) is 5.32. The molecule has 0 aliphatic carbocycles. The van der Waals surface area contributed by atoms with Gasteiger partial charge in [0.05, 0.1) is 5.69 Å². The lowest BCUT2D eigenvalue weighted by atomic mass is 10.0. The van der Waals surface area contributed by atoms with Crippen LogP contribution in [0.5, 0.6) is 5.75 Å². The molecular formula is C17H17BrN2O. The lowest BCUT2D eigenvalue weighted by Crippen LogP contribution is -2.00. The number of pyridine rings is 1. The van der Waals surface area contributed by atoms with Crippen molar-refractivity contribution in [1.82, 2.24) is 9.38 Å². The molecule has 2 heterocycles. The van der Waals surface area contributed by atoms with Crippen molar-refractivity contribution in [3.8, 4) is 5.75 Å². The summed E-state index contributed by atoms with van der Waals surface area (Å²) < 4.78 is 9.05. The maximum absolute atomic E-state index is 5.97. The molecule has 0 bridgehead atoms. The van der Waals surface area contributed by atoms with Crippen molar-refractivity contribution in [3.63, 3.8) is 0 Å². The smallest absolute Gasteiger partial charge is 0.137 e. The van der Waals surface area contributed by atoms with E-state index < -0.39 is 0 Å². The van der Waals surface area contributed by atoms with E-state index in [1.54, 1.807) is 0 Å². The van der Waals surface area contributed by atoms with Crippen LogP contribution < -0.4 is 4.74 Å². The van der Waals surface area contributed by atoms with Gasteiger partial charge in [0.15, 0.2) is 0 Å². The first-order valence-electron chi connectivity index (χ1n) is 6.98. The Kier molecular flexibility index (Phi) is 3.97. The van der Waals surface area contributed by atoms with Crippen molar-refractivity contribution in [2.45, 2.75) is 26.4 Å². The predicted octanol–water partition coefficient (Wildman–Crippen LogP) is 4.80. The molecule has 0 aliphatic rings. The van der Waals surface area contributed by atoms with Crippen LogP contribution in [0.2, 0.25) is 0 Å². The molecule has 0 saturated heterocycles. The Morgan fingerprint density at radius 1 is 1.24 bits per heavy atom. The number of aromatic nitrogens is 2. The third kappa shape index (κ3) is 3.10. The lowest BCUT2D eigenvalue weighted by Gasteiger charge is -2.13. The summed E-state index contributed by atoms with van der Waals surface area (Å²) in [6.45, 7) is 4.81. The first kappa shape index (κ1) is 14.1. The molecule has 3 nitrogen and oxygen atoms in total. The quantitative estimate of drug-likeness (QED) is 0.679. The SMILES string of the molecule is CC(C)c1cc(Br)ccc1OCc1cn2ccccc2n1. The zero-order valence-electron chi connectivity index (χ0n) is 12.1. The van der Waals surface area contributed by atoms with Crippen LogP contribution in [-0.4, -0.2) is 9.38 Å². The first-order valence-corrected chi connectivity index (χ1v) is 7.77. The normalized spacial score (nSPS) is 11.2. The van der Waals surface area contributed by atoms with Crippen LogP contribution in [-0.2, 0) is 6.61 Å². The number of nitrogens with zero attached hydrogens (tertiary/aromatic N) is 2. The zero-order valence-corrected chi connectivity index (χ0v) is 13.7. The molecule has 21 heavy (non-hydrogen) atoms. The van der Waals surface area contributed by atoms with Crippen LogP contribution in [0.3, 0.4) is 0 Å². The van der Waals surface area contributed by atoms with Crippen molar-refractivity contribution in [1.29, 1.82) is 0 Å². The molecule has 0 unspecified atom stereocenters. The molecule has 0 aliphatic heterocycles. The van der Waals surface area contributed by atoms with Gasteiger partial charge in [0, 0.05) is 16.9 Å². The van der Waals surface area contributed by atoms with Gasteiger partial charge in [-0.3, -0.25) is 0 Å². The molecule has 2 aromatic heterocycles. The highest BCUT2D eigenvalue weighted by Gasteiger charge is 2.09. The minimum atomic E-state index is 0.415. The fourth-order valence-corrected chi connectivity index (χ4v) is 2.69. The number of fused-ring (bicyclic) bond motifs is 1. The summed E-state index contributed by atoms with van der Waals surface area (Å²) in [5.74, 6) is 1.34. The van der Waals surface area contributed by atoms with Gasteiger partial charge in [-0.1, -0.05) is 35.8 Å². The summed E-state index contributed by atoms with van der Waals surface area (Å²) in [6, 6.07) is 12.1. The topological polar surface area (TPSA) is 26.5 Å². The molecule has 4 heteroatoms. The number of halogens is 1. The van der Waals surface area contributed by atoms with Gasteiger partial charge in [0.2, 0.25) is 0 Å². The molecule has 0 spiro atoms. The van der Waals surface area contributed by atoms with E-state index >= 15 is 0 Å². The van der Waals surface area contributed by atoms with Gasteiger partial charge in [-0.15, -0.1) is 0 Å². The van der Waals surface area contributed by atoms with Gasteiger partial charge in [-0.2, -0.15) is 0 Å². The van der Waals surface area contributed by atoms with Crippen LogP contribution in [0.15, 0.2) is 53.3 Å². The summed E-state index contributed by atoms with van der Waals surface area (Å²) in [5.41, 5.74) is 3.07. The van der Waals surface area contributed by atoms with E-state index in [0.29, 0.717) is 12.5 Å². The number of rotatable bonds is 4. The first-order chi connectivity index (χ1) is 10.1. The van der Waals surface area contributed by atoms with E-state index in [9.17, 15) is 0 Å². The summed E-state index contributed by atoms with van der Waals surface area (Å²) in [4.78, 5) is 4.55. The molecule has 0 N–H and O–H groups in total. The van der Waals surface area contributed by atoms with Crippen LogP contribution in [0, 0.1) is 0 Å². The third-order valence-corrected chi connectivity index (χ3v) is 3.88. The molecule has 0 fully saturated rings. The van der Waals surface area contributed by atoms with Crippen molar-refractivity contribution in [2.24, 2.45) is 0 Å². The Balaban J connectivity index is 1.81. The van der Waals surface area contributed by atoms with E-state index in [2.05, 4.69) is 40.8 Å². The van der Waals surface area contributed by atoms with Gasteiger partial charge in [-0.25, -0.2) is 4.98 Å². The van der Waals surface area contributed by atoms with Crippen LogP contribution in [0.25, 0.3) is 5.65 Å². The van der Waals surface area contributed by atoms with Crippen molar-refractivity contribution in [2.75, 3.05) is 0 Å².